The zero-order valence-electron chi connectivity index (χ0n) is 8.89. The number of hydrogen-bond acceptors (Lipinski definition) is 1. The van der Waals surface area contributed by atoms with Crippen molar-refractivity contribution in [3.8, 4) is 0 Å². The average molecular weight is 183 g/mol. The van der Waals surface area contributed by atoms with E-state index in [1.54, 1.807) is 0 Å². The minimum atomic E-state index is 1.06. The molecule has 0 aromatic carbocycles. The van der Waals surface area contributed by atoms with Crippen LogP contribution in [0.15, 0.2) is 0 Å². The van der Waals surface area contributed by atoms with Gasteiger partial charge in [0.25, 0.3) is 0 Å². The molecule has 0 bridgehead atoms. The molecule has 1 heterocycles. The van der Waals surface area contributed by atoms with Gasteiger partial charge in [0.15, 0.2) is 6.21 Å². The fourth-order valence-electron chi connectivity index (χ4n) is 1.72. The summed E-state index contributed by atoms with van der Waals surface area (Å²) in [6.45, 7) is 7.03. The van der Waals surface area contributed by atoms with E-state index in [9.17, 15) is 0 Å². The first kappa shape index (κ1) is 10.7. The van der Waals surface area contributed by atoms with Crippen molar-refractivity contribution in [2.45, 2.75) is 39.0 Å². The zero-order chi connectivity index (χ0) is 9.36. The lowest BCUT2D eigenvalue weighted by molar-refractivity contribution is -0.502. The Balaban J connectivity index is 1.91. The summed E-state index contributed by atoms with van der Waals surface area (Å²) in [5.74, 6) is 0. The van der Waals surface area contributed by atoms with Crippen molar-refractivity contribution in [3.63, 3.8) is 0 Å². The summed E-state index contributed by atoms with van der Waals surface area (Å²) in [5, 5.41) is 3.45. The number of nitrogens with one attached hydrogen (secondary N) is 1. The highest BCUT2D eigenvalue weighted by molar-refractivity contribution is 5.53. The third kappa shape index (κ3) is 5.04. The van der Waals surface area contributed by atoms with Gasteiger partial charge in [-0.05, 0) is 13.0 Å². The zero-order valence-corrected chi connectivity index (χ0v) is 8.89. The minimum Gasteiger partial charge on any atom is -0.308 e. The maximum atomic E-state index is 3.45. The highest BCUT2D eigenvalue weighted by Crippen LogP contribution is 1.99. The van der Waals surface area contributed by atoms with E-state index in [-0.39, 0.29) is 0 Å². The summed E-state index contributed by atoms with van der Waals surface area (Å²) in [5.41, 5.74) is 0. The van der Waals surface area contributed by atoms with Crippen molar-refractivity contribution in [3.05, 3.63) is 0 Å². The van der Waals surface area contributed by atoms with Gasteiger partial charge in [-0.3, -0.25) is 0 Å². The fourth-order valence-corrected chi connectivity index (χ4v) is 1.72. The minimum absolute atomic E-state index is 1.06. The number of rotatable bonds is 6. The van der Waals surface area contributed by atoms with Crippen molar-refractivity contribution >= 4 is 6.21 Å². The molecule has 76 valence electrons. The Morgan fingerprint density at radius 3 is 2.69 bits per heavy atom. The van der Waals surface area contributed by atoms with E-state index in [0.29, 0.717) is 0 Å². The van der Waals surface area contributed by atoms with E-state index in [1.165, 1.54) is 51.7 Å². The normalized spacial score (nSPS) is 16.5. The van der Waals surface area contributed by atoms with Gasteiger partial charge in [0.05, 0.1) is 6.54 Å². The van der Waals surface area contributed by atoms with Gasteiger partial charge in [0.2, 0.25) is 0 Å². The van der Waals surface area contributed by atoms with Crippen LogP contribution in [0.5, 0.6) is 0 Å². The van der Waals surface area contributed by atoms with Crippen LogP contribution in [0, 0.1) is 0 Å². The Labute approximate surface area is 82.0 Å². The Bertz CT molecular complexity index is 144. The molecular weight excluding hydrogens is 160 g/mol. The van der Waals surface area contributed by atoms with Gasteiger partial charge in [-0.25, -0.2) is 4.58 Å². The predicted molar refractivity (Wildman–Crippen MR) is 57.7 cm³/mol. The third-order valence-electron chi connectivity index (χ3n) is 2.59. The molecule has 13 heavy (non-hydrogen) atoms. The molecule has 1 saturated heterocycles. The lowest BCUT2D eigenvalue weighted by Gasteiger charge is -1.98. The molecule has 0 unspecified atom stereocenters. The highest BCUT2D eigenvalue weighted by atomic mass is 15.0. The molecule has 0 atom stereocenters. The van der Waals surface area contributed by atoms with Crippen LogP contribution >= 0.6 is 0 Å². The van der Waals surface area contributed by atoms with Crippen LogP contribution in [-0.4, -0.2) is 37.0 Å². The van der Waals surface area contributed by atoms with E-state index in [2.05, 4.69) is 23.0 Å². The maximum absolute atomic E-state index is 3.45. The topological polar surface area (TPSA) is 15.0 Å². The number of hydrogen-bond donors (Lipinski definition) is 1. The van der Waals surface area contributed by atoms with E-state index in [4.69, 9.17) is 0 Å². The Morgan fingerprint density at radius 1 is 1.23 bits per heavy atom. The van der Waals surface area contributed by atoms with Crippen molar-refractivity contribution in [1.29, 1.82) is 0 Å². The van der Waals surface area contributed by atoms with Crippen LogP contribution in [0.3, 0.4) is 0 Å². The second-order valence-corrected chi connectivity index (χ2v) is 3.84. The Kier molecular flexibility index (Phi) is 5.83. The first-order valence-electron chi connectivity index (χ1n) is 5.71. The average Bonchev–Trinajstić information content (AvgIpc) is 2.63. The molecule has 1 aliphatic heterocycles. The summed E-state index contributed by atoms with van der Waals surface area (Å²) < 4.78 is 2.44. The molecule has 0 aromatic rings. The van der Waals surface area contributed by atoms with Crippen LogP contribution in [-0.2, 0) is 0 Å². The number of nitrogens with zero attached hydrogens (tertiary/aromatic N) is 1. The first-order chi connectivity index (χ1) is 6.43. The third-order valence-corrected chi connectivity index (χ3v) is 2.59. The monoisotopic (exact) mass is 183 g/mol. The molecular formula is C11H23N2+. The van der Waals surface area contributed by atoms with Gasteiger partial charge in [0.1, 0.15) is 13.1 Å². The molecule has 1 fully saturated rings. The van der Waals surface area contributed by atoms with E-state index in [0.717, 1.165) is 6.54 Å². The highest BCUT2D eigenvalue weighted by Gasteiger charge is 2.10. The molecule has 1 rings (SSSR count). The molecule has 2 heteroatoms. The predicted octanol–water partition coefficient (Wildman–Crippen LogP) is 1.64. The Morgan fingerprint density at radius 2 is 2.00 bits per heavy atom. The van der Waals surface area contributed by atoms with Crippen LogP contribution in [0.4, 0.5) is 0 Å². The number of unbranched alkanes of at least 4 members (excludes halogenated alkanes) is 2. The van der Waals surface area contributed by atoms with E-state index in [1.807, 2.05) is 0 Å². The van der Waals surface area contributed by atoms with Gasteiger partial charge in [-0.1, -0.05) is 19.8 Å². The molecule has 0 aromatic heterocycles. The molecule has 0 saturated carbocycles. The van der Waals surface area contributed by atoms with Crippen LogP contribution in [0.2, 0.25) is 0 Å². The SMILES string of the molecule is CCCCCNCC=[N+]1CCCC1. The first-order valence-corrected chi connectivity index (χ1v) is 5.71. The smallest absolute Gasteiger partial charge is 0.153 e. The van der Waals surface area contributed by atoms with Gasteiger partial charge in [0, 0.05) is 12.8 Å². The summed E-state index contributed by atoms with van der Waals surface area (Å²) in [6.07, 6.45) is 9.08. The van der Waals surface area contributed by atoms with Gasteiger partial charge in [-0.2, -0.15) is 0 Å². The lowest BCUT2D eigenvalue weighted by Crippen LogP contribution is -2.22. The lowest BCUT2D eigenvalue weighted by atomic mass is 10.2. The van der Waals surface area contributed by atoms with Crippen molar-refractivity contribution in [2.75, 3.05) is 26.2 Å². The second kappa shape index (κ2) is 7.07. The van der Waals surface area contributed by atoms with Gasteiger partial charge >= 0.3 is 0 Å². The summed E-state index contributed by atoms with van der Waals surface area (Å²) >= 11 is 0. The fraction of sp³-hybridized carbons (Fsp3) is 0.909. The largest absolute Gasteiger partial charge is 0.308 e. The van der Waals surface area contributed by atoms with E-state index >= 15 is 0 Å². The van der Waals surface area contributed by atoms with Crippen LogP contribution in [0.1, 0.15) is 39.0 Å². The van der Waals surface area contributed by atoms with Crippen LogP contribution in [0.25, 0.3) is 0 Å². The molecule has 0 aliphatic carbocycles. The summed E-state index contributed by atoms with van der Waals surface area (Å²) in [4.78, 5) is 0. The van der Waals surface area contributed by atoms with Crippen molar-refractivity contribution in [2.24, 2.45) is 0 Å². The Hall–Kier alpha value is -0.370. The van der Waals surface area contributed by atoms with Crippen molar-refractivity contribution < 1.29 is 4.58 Å². The second-order valence-electron chi connectivity index (χ2n) is 3.84. The van der Waals surface area contributed by atoms with Gasteiger partial charge in [-0.15, -0.1) is 0 Å². The molecule has 0 radical (unpaired) electrons. The molecule has 0 spiro atoms. The molecule has 1 N–H and O–H groups in total. The quantitative estimate of drug-likeness (QED) is 0.489. The molecule has 1 aliphatic rings. The molecule has 0 amide bonds. The van der Waals surface area contributed by atoms with Crippen molar-refractivity contribution in [1.82, 2.24) is 5.32 Å². The van der Waals surface area contributed by atoms with E-state index < -0.39 is 0 Å². The summed E-state index contributed by atoms with van der Waals surface area (Å²) in [7, 11) is 0. The maximum Gasteiger partial charge on any atom is 0.153 e. The molecule has 2 nitrogen and oxygen atoms in total. The van der Waals surface area contributed by atoms with Crippen LogP contribution < -0.4 is 5.32 Å². The summed E-state index contributed by atoms with van der Waals surface area (Å²) in [6, 6.07) is 0. The standard InChI is InChI=1S/C11H23N2/c1-2-3-4-7-12-8-11-13-9-5-6-10-13/h11-12H,2-10H2,1H3/q+1. The van der Waals surface area contributed by atoms with Gasteiger partial charge < -0.3 is 5.32 Å².